The number of hydrogen-bond donors (Lipinski definition) is 1. The summed E-state index contributed by atoms with van der Waals surface area (Å²) in [5.74, 6) is 2.33. The molecule has 3 aromatic heterocycles. The predicted molar refractivity (Wildman–Crippen MR) is 118 cm³/mol. The Hall–Kier alpha value is -3.85. The van der Waals surface area contributed by atoms with Gasteiger partial charge in [0.2, 0.25) is 0 Å². The molecule has 0 unspecified atom stereocenters. The molecule has 1 N–H and O–H groups in total. The lowest BCUT2D eigenvalue weighted by atomic mass is 10.0. The zero-order valence-electron chi connectivity index (χ0n) is 17.0. The van der Waals surface area contributed by atoms with Gasteiger partial charge in [-0.2, -0.15) is 5.26 Å². The maximum absolute atomic E-state index is 9.90. The third-order valence-electron chi connectivity index (χ3n) is 6.20. The van der Waals surface area contributed by atoms with Crippen molar-refractivity contribution in [2.45, 2.75) is 31.7 Å². The Morgan fingerprint density at radius 3 is 2.94 bits per heavy atom. The second-order valence-electron chi connectivity index (χ2n) is 8.17. The average Bonchev–Trinajstić information content (AvgIpc) is 3.33. The van der Waals surface area contributed by atoms with Gasteiger partial charge in [0.15, 0.2) is 0 Å². The number of nitrogens with one attached hydrogen (secondary N) is 1. The number of nitrogens with zero attached hydrogens (tertiary/aromatic N) is 4. The molecule has 31 heavy (non-hydrogen) atoms. The van der Waals surface area contributed by atoms with Gasteiger partial charge >= 0.3 is 0 Å². The van der Waals surface area contributed by atoms with E-state index in [4.69, 9.17) is 4.74 Å². The van der Waals surface area contributed by atoms with Crippen molar-refractivity contribution in [1.82, 2.24) is 14.4 Å². The molecule has 0 saturated heterocycles. The number of nitriles is 1. The Morgan fingerprint density at radius 1 is 1.19 bits per heavy atom. The lowest BCUT2D eigenvalue weighted by Crippen LogP contribution is -2.08. The van der Waals surface area contributed by atoms with Crippen LogP contribution >= 0.6 is 0 Å². The van der Waals surface area contributed by atoms with Gasteiger partial charge in [0, 0.05) is 47.5 Å². The SMILES string of the molecule is N#Cc1cc(-c2ccc(C3CC3)nc2)c2cncn2c1NCc1cccc2c1CCO2. The standard InChI is InChI=1S/C25H21N5O/c26-11-19-10-21(18-6-7-22(28-12-18)16-4-5-16)23-14-27-15-30(23)25(19)29-13-17-2-1-3-24-20(17)8-9-31-24/h1-3,6-7,10,12,14-16,29H,4-5,8-9,13H2. The largest absolute Gasteiger partial charge is 0.493 e. The van der Waals surface area contributed by atoms with Crippen LogP contribution in [0.3, 0.4) is 0 Å². The number of pyridine rings is 2. The van der Waals surface area contributed by atoms with Gasteiger partial charge in [-0.25, -0.2) is 4.98 Å². The number of imidazole rings is 1. The molecule has 1 aromatic carbocycles. The average molecular weight is 407 g/mol. The van der Waals surface area contributed by atoms with Gasteiger partial charge in [0.05, 0.1) is 23.9 Å². The third kappa shape index (κ3) is 3.10. The van der Waals surface area contributed by atoms with Crippen LogP contribution in [0, 0.1) is 11.3 Å². The number of rotatable bonds is 5. The molecule has 1 aliphatic heterocycles. The number of hydrogen-bond acceptors (Lipinski definition) is 5. The molecule has 0 bridgehead atoms. The minimum absolute atomic E-state index is 0.579. The fourth-order valence-corrected chi connectivity index (χ4v) is 4.41. The first-order valence-electron chi connectivity index (χ1n) is 10.6. The van der Waals surface area contributed by atoms with E-state index >= 15 is 0 Å². The van der Waals surface area contributed by atoms with Crippen LogP contribution in [-0.4, -0.2) is 21.0 Å². The van der Waals surface area contributed by atoms with Crippen molar-refractivity contribution in [3.8, 4) is 22.9 Å². The highest BCUT2D eigenvalue weighted by molar-refractivity contribution is 5.83. The van der Waals surface area contributed by atoms with Crippen LogP contribution in [0.15, 0.2) is 55.1 Å². The third-order valence-corrected chi connectivity index (χ3v) is 6.20. The summed E-state index contributed by atoms with van der Waals surface area (Å²) < 4.78 is 7.64. The first-order valence-corrected chi connectivity index (χ1v) is 10.6. The summed E-state index contributed by atoms with van der Waals surface area (Å²) >= 11 is 0. The van der Waals surface area contributed by atoms with Crippen LogP contribution in [0.4, 0.5) is 5.82 Å². The Labute approximate surface area is 180 Å². The zero-order chi connectivity index (χ0) is 20.8. The Balaban J connectivity index is 1.38. The van der Waals surface area contributed by atoms with E-state index in [2.05, 4.69) is 39.6 Å². The van der Waals surface area contributed by atoms with Gasteiger partial charge in [-0.05, 0) is 36.6 Å². The summed E-state index contributed by atoms with van der Waals surface area (Å²) in [6, 6.07) is 14.6. The molecule has 1 fully saturated rings. The first-order chi connectivity index (χ1) is 15.3. The van der Waals surface area contributed by atoms with E-state index in [1.807, 2.05) is 35.0 Å². The van der Waals surface area contributed by atoms with Crippen molar-refractivity contribution in [3.63, 3.8) is 0 Å². The van der Waals surface area contributed by atoms with Crippen LogP contribution < -0.4 is 10.1 Å². The number of anilines is 1. The van der Waals surface area contributed by atoms with E-state index in [0.717, 1.165) is 46.9 Å². The lowest BCUT2D eigenvalue weighted by Gasteiger charge is -2.15. The van der Waals surface area contributed by atoms with Crippen molar-refractivity contribution in [2.24, 2.45) is 0 Å². The molecule has 0 spiro atoms. The smallest absolute Gasteiger partial charge is 0.130 e. The van der Waals surface area contributed by atoms with Crippen molar-refractivity contribution in [2.75, 3.05) is 11.9 Å². The summed E-state index contributed by atoms with van der Waals surface area (Å²) in [5.41, 5.74) is 7.08. The second kappa shape index (κ2) is 7.13. The van der Waals surface area contributed by atoms with Crippen molar-refractivity contribution < 1.29 is 4.74 Å². The minimum atomic E-state index is 0.579. The summed E-state index contributed by atoms with van der Waals surface area (Å²) in [4.78, 5) is 9.02. The highest BCUT2D eigenvalue weighted by Gasteiger charge is 2.25. The zero-order valence-corrected chi connectivity index (χ0v) is 17.0. The van der Waals surface area contributed by atoms with E-state index in [9.17, 15) is 5.26 Å². The van der Waals surface area contributed by atoms with Gasteiger partial charge in [0.25, 0.3) is 0 Å². The summed E-state index contributed by atoms with van der Waals surface area (Å²) in [6.07, 6.45) is 8.89. The molecular weight excluding hydrogens is 386 g/mol. The second-order valence-corrected chi connectivity index (χ2v) is 8.17. The van der Waals surface area contributed by atoms with E-state index in [1.54, 1.807) is 6.33 Å². The van der Waals surface area contributed by atoms with E-state index in [0.29, 0.717) is 18.0 Å². The van der Waals surface area contributed by atoms with Crippen molar-refractivity contribution in [3.05, 3.63) is 77.5 Å². The van der Waals surface area contributed by atoms with Crippen LogP contribution in [0.5, 0.6) is 5.75 Å². The van der Waals surface area contributed by atoms with Gasteiger partial charge in [-0.15, -0.1) is 0 Å². The molecule has 1 saturated carbocycles. The van der Waals surface area contributed by atoms with Crippen LogP contribution in [0.2, 0.25) is 0 Å². The Bertz CT molecular complexity index is 1330. The lowest BCUT2D eigenvalue weighted by molar-refractivity contribution is 0.357. The van der Waals surface area contributed by atoms with E-state index in [-0.39, 0.29) is 0 Å². The quantitative estimate of drug-likeness (QED) is 0.519. The molecule has 0 radical (unpaired) electrons. The number of benzene rings is 1. The molecule has 152 valence electrons. The highest BCUT2D eigenvalue weighted by Crippen LogP contribution is 2.39. The van der Waals surface area contributed by atoms with Gasteiger partial charge in [0.1, 0.15) is 24.0 Å². The number of aromatic nitrogens is 3. The Morgan fingerprint density at radius 2 is 2.13 bits per heavy atom. The summed E-state index contributed by atoms with van der Waals surface area (Å²) in [6.45, 7) is 1.34. The molecule has 0 amide bonds. The normalized spacial score (nSPS) is 14.8. The molecule has 4 aromatic rings. The molecule has 4 heterocycles. The monoisotopic (exact) mass is 407 g/mol. The van der Waals surface area contributed by atoms with Crippen LogP contribution in [-0.2, 0) is 13.0 Å². The van der Waals surface area contributed by atoms with Gasteiger partial charge in [-0.1, -0.05) is 18.2 Å². The summed E-state index contributed by atoms with van der Waals surface area (Å²) in [5, 5.41) is 13.4. The van der Waals surface area contributed by atoms with Crippen LogP contribution in [0.25, 0.3) is 16.6 Å². The predicted octanol–water partition coefficient (Wildman–Crippen LogP) is 4.69. The number of fused-ring (bicyclic) bond motifs is 2. The Kier molecular flexibility index (Phi) is 4.13. The molecule has 6 rings (SSSR count). The number of ether oxygens (including phenoxy) is 1. The van der Waals surface area contributed by atoms with Crippen LogP contribution in [0.1, 0.15) is 41.1 Å². The van der Waals surface area contributed by atoms with Crippen molar-refractivity contribution >= 4 is 11.3 Å². The molecular formula is C25H21N5O. The minimum Gasteiger partial charge on any atom is -0.493 e. The molecule has 6 heteroatoms. The highest BCUT2D eigenvalue weighted by atomic mass is 16.5. The first kappa shape index (κ1) is 18.0. The van der Waals surface area contributed by atoms with Gasteiger partial charge in [-0.3, -0.25) is 9.38 Å². The van der Waals surface area contributed by atoms with E-state index < -0.39 is 0 Å². The van der Waals surface area contributed by atoms with E-state index in [1.165, 1.54) is 24.0 Å². The molecule has 6 nitrogen and oxygen atoms in total. The summed E-state index contributed by atoms with van der Waals surface area (Å²) in [7, 11) is 0. The maximum Gasteiger partial charge on any atom is 0.130 e. The topological polar surface area (TPSA) is 75.2 Å². The molecule has 2 aliphatic rings. The maximum atomic E-state index is 9.90. The molecule has 1 aliphatic carbocycles. The fraction of sp³-hybridized carbons (Fsp3) is 0.240. The molecule has 0 atom stereocenters. The van der Waals surface area contributed by atoms with Crippen molar-refractivity contribution in [1.29, 1.82) is 5.26 Å². The fourth-order valence-electron chi connectivity index (χ4n) is 4.41. The van der Waals surface area contributed by atoms with Gasteiger partial charge < -0.3 is 10.1 Å².